The van der Waals surface area contributed by atoms with Crippen LogP contribution in [0.15, 0.2) is 0 Å². The monoisotopic (exact) mass is 241 g/mol. The molecule has 1 unspecified atom stereocenters. The number of nitrogens with zero attached hydrogens (tertiary/aromatic N) is 1. The Labute approximate surface area is 101 Å². The van der Waals surface area contributed by atoms with E-state index in [4.69, 9.17) is 0 Å². The van der Waals surface area contributed by atoms with Crippen LogP contribution in [0, 0.1) is 0 Å². The van der Waals surface area contributed by atoms with Crippen molar-refractivity contribution in [1.82, 2.24) is 15.5 Å². The smallest absolute Gasteiger partial charge is 0.246 e. The zero-order valence-corrected chi connectivity index (χ0v) is 10.3. The standard InChI is InChI=1S/C11H19N3O3/c1-3-5-14-10(16)6-8(11(14)17)13-7-9(15)12-4-2/h8,13H,3-7H2,1-2H3,(H,12,15). The first-order chi connectivity index (χ1) is 8.10. The fourth-order valence-corrected chi connectivity index (χ4v) is 1.78. The van der Waals surface area contributed by atoms with E-state index in [2.05, 4.69) is 10.6 Å². The summed E-state index contributed by atoms with van der Waals surface area (Å²) in [4.78, 5) is 35.8. The van der Waals surface area contributed by atoms with Gasteiger partial charge in [-0.1, -0.05) is 6.92 Å². The lowest BCUT2D eigenvalue weighted by molar-refractivity contribution is -0.138. The third-order valence-corrected chi connectivity index (χ3v) is 2.57. The quantitative estimate of drug-likeness (QED) is 0.600. The van der Waals surface area contributed by atoms with Crippen LogP contribution in [0.5, 0.6) is 0 Å². The highest BCUT2D eigenvalue weighted by Crippen LogP contribution is 2.12. The van der Waals surface area contributed by atoms with Crippen molar-refractivity contribution in [2.24, 2.45) is 0 Å². The van der Waals surface area contributed by atoms with E-state index in [1.165, 1.54) is 4.90 Å². The minimum atomic E-state index is -0.545. The van der Waals surface area contributed by atoms with Gasteiger partial charge in [-0.05, 0) is 13.3 Å². The molecule has 0 bridgehead atoms. The molecule has 0 aromatic rings. The van der Waals surface area contributed by atoms with Crippen molar-refractivity contribution in [3.63, 3.8) is 0 Å². The van der Waals surface area contributed by atoms with Crippen LogP contribution in [-0.4, -0.2) is 48.3 Å². The summed E-state index contributed by atoms with van der Waals surface area (Å²) in [5.41, 5.74) is 0. The molecule has 1 heterocycles. The number of carbonyl (C=O) groups excluding carboxylic acids is 3. The molecule has 6 nitrogen and oxygen atoms in total. The lowest BCUT2D eigenvalue weighted by atomic mass is 10.2. The van der Waals surface area contributed by atoms with E-state index in [9.17, 15) is 14.4 Å². The van der Waals surface area contributed by atoms with Crippen molar-refractivity contribution < 1.29 is 14.4 Å². The van der Waals surface area contributed by atoms with Gasteiger partial charge in [0.1, 0.15) is 0 Å². The highest BCUT2D eigenvalue weighted by atomic mass is 16.2. The molecule has 6 heteroatoms. The Bertz CT molecular complexity index is 317. The van der Waals surface area contributed by atoms with Crippen molar-refractivity contribution in [3.05, 3.63) is 0 Å². The average molecular weight is 241 g/mol. The van der Waals surface area contributed by atoms with Crippen LogP contribution >= 0.6 is 0 Å². The number of hydrogen-bond acceptors (Lipinski definition) is 4. The summed E-state index contributed by atoms with van der Waals surface area (Å²) in [6, 6.07) is -0.545. The maximum atomic E-state index is 11.8. The molecular formula is C11H19N3O3. The molecule has 1 fully saturated rings. The molecule has 0 spiro atoms. The van der Waals surface area contributed by atoms with Crippen molar-refractivity contribution in [3.8, 4) is 0 Å². The third kappa shape index (κ3) is 3.52. The number of amides is 3. The molecule has 17 heavy (non-hydrogen) atoms. The summed E-state index contributed by atoms with van der Waals surface area (Å²) in [6.45, 7) is 4.82. The summed E-state index contributed by atoms with van der Waals surface area (Å²) in [6.07, 6.45) is 0.902. The molecule has 1 aliphatic rings. The second-order valence-corrected chi connectivity index (χ2v) is 3.97. The van der Waals surface area contributed by atoms with Gasteiger partial charge in [0, 0.05) is 13.1 Å². The zero-order valence-electron chi connectivity index (χ0n) is 10.3. The van der Waals surface area contributed by atoms with Crippen LogP contribution in [0.2, 0.25) is 0 Å². The summed E-state index contributed by atoms with van der Waals surface area (Å²) < 4.78 is 0. The van der Waals surface area contributed by atoms with Gasteiger partial charge in [0.15, 0.2) is 0 Å². The molecule has 1 aliphatic heterocycles. The lowest BCUT2D eigenvalue weighted by Gasteiger charge is -2.14. The van der Waals surface area contributed by atoms with Gasteiger partial charge in [-0.3, -0.25) is 24.6 Å². The number of hydrogen-bond donors (Lipinski definition) is 2. The second-order valence-electron chi connectivity index (χ2n) is 3.97. The van der Waals surface area contributed by atoms with Crippen LogP contribution < -0.4 is 10.6 Å². The van der Waals surface area contributed by atoms with Crippen LogP contribution in [0.1, 0.15) is 26.7 Å². The highest BCUT2D eigenvalue weighted by molar-refractivity contribution is 6.05. The fraction of sp³-hybridized carbons (Fsp3) is 0.727. The zero-order chi connectivity index (χ0) is 12.8. The lowest BCUT2D eigenvalue weighted by Crippen LogP contribution is -2.43. The van der Waals surface area contributed by atoms with E-state index in [0.717, 1.165) is 6.42 Å². The Morgan fingerprint density at radius 1 is 1.41 bits per heavy atom. The Hall–Kier alpha value is -1.43. The van der Waals surface area contributed by atoms with Crippen LogP contribution in [0.25, 0.3) is 0 Å². The summed E-state index contributed by atoms with van der Waals surface area (Å²) >= 11 is 0. The van der Waals surface area contributed by atoms with Gasteiger partial charge in [0.25, 0.3) is 0 Å². The SMILES string of the molecule is CCCN1C(=O)CC(NCC(=O)NCC)C1=O. The van der Waals surface area contributed by atoms with Crippen molar-refractivity contribution in [1.29, 1.82) is 0 Å². The first kappa shape index (κ1) is 13.6. The normalized spacial score (nSPS) is 19.9. The molecule has 0 aromatic heterocycles. The Morgan fingerprint density at radius 2 is 2.12 bits per heavy atom. The van der Waals surface area contributed by atoms with E-state index >= 15 is 0 Å². The summed E-state index contributed by atoms with van der Waals surface area (Å²) in [5.74, 6) is -0.548. The average Bonchev–Trinajstić information content (AvgIpc) is 2.55. The van der Waals surface area contributed by atoms with Crippen molar-refractivity contribution in [2.45, 2.75) is 32.7 Å². The molecule has 0 radical (unpaired) electrons. The van der Waals surface area contributed by atoms with Gasteiger partial charge in [0.05, 0.1) is 19.0 Å². The number of likely N-dealkylation sites (N-methyl/N-ethyl adjacent to an activating group) is 1. The number of likely N-dealkylation sites (tertiary alicyclic amines) is 1. The van der Waals surface area contributed by atoms with Crippen molar-refractivity contribution in [2.75, 3.05) is 19.6 Å². The molecule has 1 saturated heterocycles. The van der Waals surface area contributed by atoms with E-state index < -0.39 is 6.04 Å². The molecule has 3 amide bonds. The van der Waals surface area contributed by atoms with Gasteiger partial charge < -0.3 is 5.32 Å². The maximum absolute atomic E-state index is 11.8. The fourth-order valence-electron chi connectivity index (χ4n) is 1.78. The van der Waals surface area contributed by atoms with Crippen LogP contribution in [0.4, 0.5) is 0 Å². The largest absolute Gasteiger partial charge is 0.355 e. The number of nitrogens with one attached hydrogen (secondary N) is 2. The first-order valence-corrected chi connectivity index (χ1v) is 5.94. The van der Waals surface area contributed by atoms with Gasteiger partial charge in [-0.2, -0.15) is 0 Å². The number of imide groups is 1. The number of carbonyl (C=O) groups is 3. The van der Waals surface area contributed by atoms with E-state index in [0.29, 0.717) is 13.1 Å². The Morgan fingerprint density at radius 3 is 2.71 bits per heavy atom. The molecule has 0 aliphatic carbocycles. The minimum Gasteiger partial charge on any atom is -0.355 e. The molecule has 1 rings (SSSR count). The predicted octanol–water partition coefficient (Wildman–Crippen LogP) is -0.750. The maximum Gasteiger partial charge on any atom is 0.246 e. The second kappa shape index (κ2) is 6.34. The summed E-state index contributed by atoms with van der Waals surface area (Å²) in [5, 5.41) is 5.43. The topological polar surface area (TPSA) is 78.5 Å². The van der Waals surface area contributed by atoms with Gasteiger partial charge in [-0.15, -0.1) is 0 Å². The number of rotatable bonds is 6. The van der Waals surface area contributed by atoms with E-state index in [-0.39, 0.29) is 30.7 Å². The van der Waals surface area contributed by atoms with Crippen LogP contribution in [-0.2, 0) is 14.4 Å². The molecule has 0 aromatic carbocycles. The predicted molar refractivity (Wildman–Crippen MR) is 62.1 cm³/mol. The van der Waals surface area contributed by atoms with Crippen LogP contribution in [0.3, 0.4) is 0 Å². The Kier molecular flexibility index (Phi) is 5.09. The van der Waals surface area contributed by atoms with Gasteiger partial charge >= 0.3 is 0 Å². The molecular weight excluding hydrogens is 222 g/mol. The van der Waals surface area contributed by atoms with Gasteiger partial charge in [0.2, 0.25) is 17.7 Å². The molecule has 0 saturated carbocycles. The Balaban J connectivity index is 2.43. The first-order valence-electron chi connectivity index (χ1n) is 5.94. The molecule has 2 N–H and O–H groups in total. The molecule has 1 atom stereocenters. The van der Waals surface area contributed by atoms with E-state index in [1.54, 1.807) is 0 Å². The highest BCUT2D eigenvalue weighted by Gasteiger charge is 2.37. The minimum absolute atomic E-state index is 0.0670. The van der Waals surface area contributed by atoms with E-state index in [1.807, 2.05) is 13.8 Å². The van der Waals surface area contributed by atoms with Gasteiger partial charge in [-0.25, -0.2) is 0 Å². The van der Waals surface area contributed by atoms with Crippen molar-refractivity contribution >= 4 is 17.7 Å². The molecule has 96 valence electrons. The summed E-state index contributed by atoms with van der Waals surface area (Å²) in [7, 11) is 0. The third-order valence-electron chi connectivity index (χ3n) is 2.57.